The van der Waals surface area contributed by atoms with Crippen LogP contribution in [-0.2, 0) is 0 Å². The molecule has 0 unspecified atom stereocenters. The summed E-state index contributed by atoms with van der Waals surface area (Å²) in [5.74, 6) is 1.83. The maximum Gasteiger partial charge on any atom is 0.275 e. The van der Waals surface area contributed by atoms with Crippen molar-refractivity contribution in [3.63, 3.8) is 0 Å². The number of aromatic nitrogens is 2. The van der Waals surface area contributed by atoms with Crippen LogP contribution in [0.4, 0.5) is 0 Å². The van der Waals surface area contributed by atoms with E-state index in [9.17, 15) is 4.79 Å². The molecule has 0 radical (unpaired) electrons. The maximum atomic E-state index is 12.2. The first-order valence-corrected chi connectivity index (χ1v) is 6.32. The predicted octanol–water partition coefficient (Wildman–Crippen LogP) is 1.71. The van der Waals surface area contributed by atoms with Gasteiger partial charge in [0.25, 0.3) is 5.91 Å². The smallest absolute Gasteiger partial charge is 0.275 e. The SMILES string of the molecule is O=C(c1n[nH]c2ccccc12)N1CCSC1. The first kappa shape index (κ1) is 9.72. The molecule has 2 heterocycles. The van der Waals surface area contributed by atoms with E-state index in [1.54, 1.807) is 11.8 Å². The molecule has 1 saturated heterocycles. The molecule has 0 saturated carbocycles. The minimum Gasteiger partial charge on any atom is -0.327 e. The van der Waals surface area contributed by atoms with Crippen molar-refractivity contribution in [3.05, 3.63) is 30.0 Å². The highest BCUT2D eigenvalue weighted by Gasteiger charge is 2.23. The number of fused-ring (bicyclic) bond motifs is 1. The standard InChI is InChI=1S/C11H11N3OS/c15-11(14-5-6-16-7-14)10-8-3-1-2-4-9(8)12-13-10/h1-4H,5-7H2,(H,12,13). The van der Waals surface area contributed by atoms with E-state index in [0.29, 0.717) is 5.69 Å². The van der Waals surface area contributed by atoms with Crippen molar-refractivity contribution in [3.8, 4) is 0 Å². The highest BCUT2D eigenvalue weighted by Crippen LogP contribution is 2.20. The quantitative estimate of drug-likeness (QED) is 0.815. The second-order valence-corrected chi connectivity index (χ2v) is 4.80. The number of nitrogens with one attached hydrogen (secondary N) is 1. The van der Waals surface area contributed by atoms with Crippen molar-refractivity contribution in [2.45, 2.75) is 0 Å². The van der Waals surface area contributed by atoms with E-state index in [1.165, 1.54) is 0 Å². The molecule has 3 rings (SSSR count). The van der Waals surface area contributed by atoms with Gasteiger partial charge in [0.1, 0.15) is 0 Å². The van der Waals surface area contributed by atoms with Crippen LogP contribution < -0.4 is 0 Å². The lowest BCUT2D eigenvalue weighted by Gasteiger charge is -2.12. The number of H-pyrrole nitrogens is 1. The summed E-state index contributed by atoms with van der Waals surface area (Å²) < 4.78 is 0. The molecule has 16 heavy (non-hydrogen) atoms. The van der Waals surface area contributed by atoms with Crippen LogP contribution in [0.2, 0.25) is 0 Å². The summed E-state index contributed by atoms with van der Waals surface area (Å²) in [5, 5.41) is 7.91. The van der Waals surface area contributed by atoms with Gasteiger partial charge in [-0.15, -0.1) is 11.8 Å². The Morgan fingerprint density at radius 3 is 3.12 bits per heavy atom. The molecule has 0 aliphatic carbocycles. The summed E-state index contributed by atoms with van der Waals surface area (Å²) in [6, 6.07) is 7.71. The predicted molar refractivity (Wildman–Crippen MR) is 64.5 cm³/mol. The first-order valence-electron chi connectivity index (χ1n) is 5.16. The van der Waals surface area contributed by atoms with E-state index in [1.807, 2.05) is 29.2 Å². The number of hydrogen-bond donors (Lipinski definition) is 1. The number of nitrogens with zero attached hydrogens (tertiary/aromatic N) is 2. The third kappa shape index (κ3) is 1.48. The van der Waals surface area contributed by atoms with Crippen molar-refractivity contribution in [2.75, 3.05) is 18.2 Å². The van der Waals surface area contributed by atoms with Crippen molar-refractivity contribution >= 4 is 28.6 Å². The maximum absolute atomic E-state index is 12.2. The van der Waals surface area contributed by atoms with E-state index >= 15 is 0 Å². The van der Waals surface area contributed by atoms with E-state index in [2.05, 4.69) is 10.2 Å². The Morgan fingerprint density at radius 1 is 1.44 bits per heavy atom. The van der Waals surface area contributed by atoms with Crippen LogP contribution in [0.15, 0.2) is 24.3 Å². The Labute approximate surface area is 97.0 Å². The largest absolute Gasteiger partial charge is 0.327 e. The molecule has 1 aliphatic rings. The lowest BCUT2D eigenvalue weighted by atomic mass is 10.2. The molecule has 1 aliphatic heterocycles. The van der Waals surface area contributed by atoms with Gasteiger partial charge in [-0.05, 0) is 6.07 Å². The molecule has 0 spiro atoms. The Hall–Kier alpha value is -1.49. The summed E-state index contributed by atoms with van der Waals surface area (Å²) in [5.41, 5.74) is 1.45. The molecule has 82 valence electrons. The fourth-order valence-corrected chi connectivity index (χ4v) is 2.80. The number of thioether (sulfide) groups is 1. The number of rotatable bonds is 1. The van der Waals surface area contributed by atoms with Gasteiger partial charge < -0.3 is 4.90 Å². The van der Waals surface area contributed by atoms with Crippen LogP contribution in [0, 0.1) is 0 Å². The lowest BCUT2D eigenvalue weighted by molar-refractivity contribution is 0.0799. The number of hydrogen-bond acceptors (Lipinski definition) is 3. The molecule has 1 aromatic heterocycles. The molecule has 1 amide bonds. The van der Waals surface area contributed by atoms with Crippen molar-refractivity contribution in [2.24, 2.45) is 0 Å². The second kappa shape index (κ2) is 3.83. The fraction of sp³-hybridized carbons (Fsp3) is 0.273. The summed E-state index contributed by atoms with van der Waals surface area (Å²) >= 11 is 1.78. The highest BCUT2D eigenvalue weighted by atomic mass is 32.2. The van der Waals surface area contributed by atoms with Crippen LogP contribution >= 0.6 is 11.8 Å². The van der Waals surface area contributed by atoms with Crippen LogP contribution in [0.1, 0.15) is 10.5 Å². The van der Waals surface area contributed by atoms with Gasteiger partial charge in [0.2, 0.25) is 0 Å². The van der Waals surface area contributed by atoms with Crippen LogP contribution in [0.3, 0.4) is 0 Å². The fourth-order valence-electron chi connectivity index (χ4n) is 1.85. The minimum atomic E-state index is 0.0300. The Bertz CT molecular complexity index is 531. The van der Waals surface area contributed by atoms with Crippen LogP contribution in [0.5, 0.6) is 0 Å². The van der Waals surface area contributed by atoms with E-state index in [-0.39, 0.29) is 5.91 Å². The van der Waals surface area contributed by atoms with Crippen molar-refractivity contribution < 1.29 is 4.79 Å². The number of carbonyl (C=O) groups is 1. The Balaban J connectivity index is 2.02. The summed E-state index contributed by atoms with van der Waals surface area (Å²) in [6.45, 7) is 0.824. The second-order valence-electron chi connectivity index (χ2n) is 3.72. The minimum absolute atomic E-state index is 0.0300. The summed E-state index contributed by atoms with van der Waals surface area (Å²) in [4.78, 5) is 14.0. The van der Waals surface area contributed by atoms with Crippen molar-refractivity contribution in [1.82, 2.24) is 15.1 Å². The lowest BCUT2D eigenvalue weighted by Crippen LogP contribution is -2.28. The molecule has 1 N–H and O–H groups in total. The molecule has 1 fully saturated rings. The topological polar surface area (TPSA) is 49.0 Å². The number of aromatic amines is 1. The molecule has 2 aromatic rings. The summed E-state index contributed by atoms with van der Waals surface area (Å²) in [6.07, 6.45) is 0. The first-order chi connectivity index (χ1) is 7.86. The molecular weight excluding hydrogens is 222 g/mol. The van der Waals surface area contributed by atoms with Gasteiger partial charge in [0.15, 0.2) is 5.69 Å². The molecule has 4 nitrogen and oxygen atoms in total. The normalized spacial score (nSPS) is 15.9. The zero-order valence-corrected chi connectivity index (χ0v) is 9.46. The van der Waals surface area contributed by atoms with Crippen molar-refractivity contribution in [1.29, 1.82) is 0 Å². The van der Waals surface area contributed by atoms with E-state index in [0.717, 1.165) is 29.1 Å². The van der Waals surface area contributed by atoms with Crippen LogP contribution in [-0.4, -0.2) is 39.2 Å². The van der Waals surface area contributed by atoms with Gasteiger partial charge in [0.05, 0.1) is 11.4 Å². The number of benzene rings is 1. The third-order valence-corrected chi connectivity index (χ3v) is 3.68. The van der Waals surface area contributed by atoms with E-state index in [4.69, 9.17) is 0 Å². The molecular formula is C11H11N3OS. The Kier molecular flexibility index (Phi) is 2.32. The van der Waals surface area contributed by atoms with Gasteiger partial charge in [-0.1, -0.05) is 18.2 Å². The Morgan fingerprint density at radius 2 is 2.31 bits per heavy atom. The number of amides is 1. The molecule has 1 aromatic carbocycles. The third-order valence-electron chi connectivity index (χ3n) is 2.71. The van der Waals surface area contributed by atoms with Gasteiger partial charge in [-0.25, -0.2) is 0 Å². The molecule has 5 heteroatoms. The van der Waals surface area contributed by atoms with Gasteiger partial charge in [-0.3, -0.25) is 9.89 Å². The molecule has 0 bridgehead atoms. The van der Waals surface area contributed by atoms with Gasteiger partial charge in [-0.2, -0.15) is 5.10 Å². The number of carbonyl (C=O) groups excluding carboxylic acids is 1. The zero-order valence-electron chi connectivity index (χ0n) is 8.64. The van der Waals surface area contributed by atoms with E-state index < -0.39 is 0 Å². The van der Waals surface area contributed by atoms with Crippen LogP contribution in [0.25, 0.3) is 10.9 Å². The monoisotopic (exact) mass is 233 g/mol. The number of para-hydroxylation sites is 1. The summed E-state index contributed by atoms with van der Waals surface area (Å²) in [7, 11) is 0. The average Bonchev–Trinajstić information content (AvgIpc) is 2.98. The zero-order chi connectivity index (χ0) is 11.0. The van der Waals surface area contributed by atoms with Gasteiger partial charge >= 0.3 is 0 Å². The average molecular weight is 233 g/mol. The van der Waals surface area contributed by atoms with Gasteiger partial charge in [0, 0.05) is 17.7 Å². The highest BCUT2D eigenvalue weighted by molar-refractivity contribution is 7.99. The molecule has 0 atom stereocenters.